The lowest BCUT2D eigenvalue weighted by Gasteiger charge is -2.33. The van der Waals surface area contributed by atoms with Gasteiger partial charge in [0.1, 0.15) is 6.04 Å². The molecule has 7 heteroatoms. The Bertz CT molecular complexity index is 787. The van der Waals surface area contributed by atoms with Crippen LogP contribution >= 0.6 is 0 Å². The van der Waals surface area contributed by atoms with Crippen molar-refractivity contribution in [1.82, 2.24) is 4.90 Å². The Labute approximate surface area is 154 Å². The van der Waals surface area contributed by atoms with Crippen molar-refractivity contribution in [1.29, 1.82) is 0 Å². The zero-order valence-electron chi connectivity index (χ0n) is 14.9. The minimum atomic E-state index is -3.56. The van der Waals surface area contributed by atoms with Crippen LogP contribution in [0.1, 0.15) is 44.1 Å². The molecular weight excluding hydrogens is 354 g/mol. The van der Waals surface area contributed by atoms with E-state index < -0.39 is 21.8 Å². The van der Waals surface area contributed by atoms with Crippen molar-refractivity contribution in [3.05, 3.63) is 29.8 Å². The number of rotatable bonds is 5. The zero-order valence-corrected chi connectivity index (χ0v) is 15.7. The van der Waals surface area contributed by atoms with Crippen LogP contribution in [-0.4, -0.2) is 48.1 Å². The van der Waals surface area contributed by atoms with Crippen molar-refractivity contribution < 1.29 is 23.1 Å². The molecule has 1 amide bonds. The summed E-state index contributed by atoms with van der Waals surface area (Å²) in [6.45, 7) is 1.87. The lowest BCUT2D eigenvalue weighted by molar-refractivity contribution is -0.149. The van der Waals surface area contributed by atoms with Crippen molar-refractivity contribution in [2.24, 2.45) is 5.92 Å². The molecule has 1 aromatic rings. The number of sulfone groups is 1. The fourth-order valence-electron chi connectivity index (χ4n) is 4.25. The quantitative estimate of drug-likeness (QED) is 0.848. The number of carboxylic acid groups (broad SMARTS) is 1. The molecule has 1 aliphatic carbocycles. The molecule has 0 aromatic heterocycles. The molecule has 3 rings (SSSR count). The number of aliphatic carboxylic acids is 1. The predicted octanol–water partition coefficient (Wildman–Crippen LogP) is 2.40. The van der Waals surface area contributed by atoms with Gasteiger partial charge in [-0.1, -0.05) is 30.5 Å². The smallest absolute Gasteiger partial charge is 0.326 e. The lowest BCUT2D eigenvalue weighted by Crippen LogP contribution is -2.46. The van der Waals surface area contributed by atoms with E-state index in [1.807, 2.05) is 6.92 Å². The first-order valence-electron chi connectivity index (χ1n) is 9.13. The topological polar surface area (TPSA) is 91.8 Å². The van der Waals surface area contributed by atoms with Crippen LogP contribution < -0.4 is 0 Å². The average molecular weight is 379 g/mol. The highest BCUT2D eigenvalue weighted by molar-refractivity contribution is 7.91. The van der Waals surface area contributed by atoms with Gasteiger partial charge in [0.25, 0.3) is 0 Å². The number of fused-ring (bicyclic) bond motifs is 1. The molecule has 1 heterocycles. The van der Waals surface area contributed by atoms with Crippen molar-refractivity contribution in [3.63, 3.8) is 0 Å². The van der Waals surface area contributed by atoms with Gasteiger partial charge >= 0.3 is 5.97 Å². The van der Waals surface area contributed by atoms with Crippen LogP contribution in [0.3, 0.4) is 0 Å². The molecule has 0 spiro atoms. The summed E-state index contributed by atoms with van der Waals surface area (Å²) in [6.07, 6.45) is 4.11. The molecule has 0 radical (unpaired) electrons. The van der Waals surface area contributed by atoms with Gasteiger partial charge in [-0.15, -0.1) is 0 Å². The summed E-state index contributed by atoms with van der Waals surface area (Å²) in [5, 5.41) is 9.50. The Morgan fingerprint density at radius 3 is 2.46 bits per heavy atom. The molecule has 1 saturated heterocycles. The lowest BCUT2D eigenvalue weighted by atomic mass is 9.84. The van der Waals surface area contributed by atoms with Crippen LogP contribution in [-0.2, 0) is 19.4 Å². The van der Waals surface area contributed by atoms with Crippen LogP contribution in [0.15, 0.2) is 29.2 Å². The number of aryl methyl sites for hydroxylation is 1. The van der Waals surface area contributed by atoms with Crippen molar-refractivity contribution in [3.8, 4) is 0 Å². The van der Waals surface area contributed by atoms with Gasteiger partial charge in [0.2, 0.25) is 5.91 Å². The first kappa shape index (κ1) is 18.9. The second-order valence-corrected chi connectivity index (χ2v) is 9.49. The molecular formula is C19H25NO5S. The number of carboxylic acids is 1. The fourth-order valence-corrected chi connectivity index (χ4v) is 5.48. The van der Waals surface area contributed by atoms with E-state index in [0.29, 0.717) is 6.42 Å². The van der Waals surface area contributed by atoms with Crippen LogP contribution in [0.5, 0.6) is 0 Å². The molecule has 6 nitrogen and oxygen atoms in total. The predicted molar refractivity (Wildman–Crippen MR) is 96.5 cm³/mol. The Morgan fingerprint density at radius 2 is 1.81 bits per heavy atom. The molecule has 1 aliphatic heterocycles. The first-order valence-corrected chi connectivity index (χ1v) is 10.8. The third kappa shape index (κ3) is 3.77. The molecule has 0 unspecified atom stereocenters. The normalized spacial score (nSPS) is 25.7. The Balaban J connectivity index is 1.71. The largest absolute Gasteiger partial charge is 0.480 e. The molecule has 3 atom stereocenters. The maximum absolute atomic E-state index is 12.7. The third-order valence-corrected chi connectivity index (χ3v) is 7.36. The van der Waals surface area contributed by atoms with Crippen LogP contribution in [0.4, 0.5) is 0 Å². The number of nitrogens with zero attached hydrogens (tertiary/aromatic N) is 1. The second-order valence-electron chi connectivity index (χ2n) is 7.38. The molecule has 2 aliphatic rings. The van der Waals surface area contributed by atoms with E-state index in [-0.39, 0.29) is 34.9 Å². The minimum absolute atomic E-state index is 0.0561. The maximum atomic E-state index is 12.7. The summed E-state index contributed by atoms with van der Waals surface area (Å²) in [6, 6.07) is 5.66. The zero-order chi connectivity index (χ0) is 18.9. The van der Waals surface area contributed by atoms with Gasteiger partial charge in [-0.3, -0.25) is 4.79 Å². The van der Waals surface area contributed by atoms with Crippen LogP contribution in [0.25, 0.3) is 0 Å². The monoisotopic (exact) mass is 379 g/mol. The summed E-state index contributed by atoms with van der Waals surface area (Å²) in [5.41, 5.74) is 0.963. The van der Waals surface area contributed by atoms with Gasteiger partial charge < -0.3 is 10.0 Å². The van der Waals surface area contributed by atoms with E-state index in [1.165, 1.54) is 4.90 Å². The fraction of sp³-hybridized carbons (Fsp3) is 0.579. The average Bonchev–Trinajstić information content (AvgIpc) is 3.00. The Hall–Kier alpha value is -1.89. The van der Waals surface area contributed by atoms with Gasteiger partial charge in [-0.25, -0.2) is 13.2 Å². The first-order chi connectivity index (χ1) is 12.3. The highest BCUT2D eigenvalue weighted by atomic mass is 32.2. The SMILES string of the molecule is Cc1ccc(S(=O)(=O)CCC(=O)N2[C@@H]3CCCC[C@H]3C[C@H]2C(=O)O)cc1. The van der Waals surface area contributed by atoms with E-state index in [1.54, 1.807) is 24.3 Å². The summed E-state index contributed by atoms with van der Waals surface area (Å²) in [5.74, 6) is -1.42. The highest BCUT2D eigenvalue weighted by Crippen LogP contribution is 2.40. The standard InChI is InChI=1S/C19H25NO5S/c1-13-6-8-15(9-7-13)26(24,25)11-10-18(21)20-16-5-3-2-4-14(16)12-17(20)19(22)23/h6-9,14,16-17H,2-5,10-12H2,1H3,(H,22,23)/t14-,16+,17-/m0/s1. The molecule has 26 heavy (non-hydrogen) atoms. The molecule has 1 saturated carbocycles. The number of hydrogen-bond acceptors (Lipinski definition) is 4. The summed E-state index contributed by atoms with van der Waals surface area (Å²) in [7, 11) is -3.56. The molecule has 0 bridgehead atoms. The number of amides is 1. The van der Waals surface area contributed by atoms with E-state index >= 15 is 0 Å². The number of hydrogen-bond donors (Lipinski definition) is 1. The van der Waals surface area contributed by atoms with Crippen molar-refractivity contribution in [2.45, 2.75) is 62.4 Å². The Morgan fingerprint density at radius 1 is 1.15 bits per heavy atom. The third-order valence-electron chi connectivity index (χ3n) is 5.63. The summed E-state index contributed by atoms with van der Waals surface area (Å²) < 4.78 is 24.9. The highest BCUT2D eigenvalue weighted by Gasteiger charge is 2.47. The molecule has 142 valence electrons. The van der Waals surface area contributed by atoms with E-state index in [0.717, 1.165) is 31.2 Å². The molecule has 1 N–H and O–H groups in total. The number of carbonyl (C=O) groups excluding carboxylic acids is 1. The van der Waals surface area contributed by atoms with Gasteiger partial charge in [0.05, 0.1) is 10.6 Å². The Kier molecular flexibility index (Phi) is 5.37. The maximum Gasteiger partial charge on any atom is 0.326 e. The van der Waals surface area contributed by atoms with Crippen molar-refractivity contribution in [2.75, 3.05) is 5.75 Å². The summed E-state index contributed by atoms with van der Waals surface area (Å²) in [4.78, 5) is 26.0. The molecule has 2 fully saturated rings. The van der Waals surface area contributed by atoms with Gasteiger partial charge in [0.15, 0.2) is 9.84 Å². The number of likely N-dealkylation sites (tertiary alicyclic amines) is 1. The van der Waals surface area contributed by atoms with Gasteiger partial charge in [-0.05, 0) is 44.2 Å². The number of carbonyl (C=O) groups is 2. The van der Waals surface area contributed by atoms with Crippen molar-refractivity contribution >= 4 is 21.7 Å². The second kappa shape index (κ2) is 7.39. The van der Waals surface area contributed by atoms with E-state index in [2.05, 4.69) is 0 Å². The van der Waals surface area contributed by atoms with Gasteiger partial charge in [-0.2, -0.15) is 0 Å². The van der Waals surface area contributed by atoms with E-state index in [9.17, 15) is 23.1 Å². The number of benzene rings is 1. The van der Waals surface area contributed by atoms with Crippen LogP contribution in [0, 0.1) is 12.8 Å². The molecule has 1 aromatic carbocycles. The van der Waals surface area contributed by atoms with Gasteiger partial charge in [0, 0.05) is 12.5 Å². The van der Waals surface area contributed by atoms with E-state index in [4.69, 9.17) is 0 Å². The van der Waals surface area contributed by atoms with Crippen LogP contribution in [0.2, 0.25) is 0 Å². The minimum Gasteiger partial charge on any atom is -0.480 e. The summed E-state index contributed by atoms with van der Waals surface area (Å²) >= 11 is 0.